The molecule has 0 aliphatic heterocycles. The highest BCUT2D eigenvalue weighted by Crippen LogP contribution is 2.30. The summed E-state index contributed by atoms with van der Waals surface area (Å²) in [6, 6.07) is 12.0. The lowest BCUT2D eigenvalue weighted by atomic mass is 10.1. The highest BCUT2D eigenvalue weighted by molar-refractivity contribution is 9.10. The van der Waals surface area contributed by atoms with E-state index >= 15 is 0 Å². The van der Waals surface area contributed by atoms with Crippen molar-refractivity contribution >= 4 is 38.6 Å². The molecule has 0 saturated heterocycles. The Hall–Kier alpha value is -1.32. The summed E-state index contributed by atoms with van der Waals surface area (Å²) in [5.41, 5.74) is 4.21. The fourth-order valence-corrected chi connectivity index (χ4v) is 2.65. The Morgan fingerprint density at radius 3 is 2.84 bits per heavy atom. The van der Waals surface area contributed by atoms with Crippen molar-refractivity contribution in [1.82, 2.24) is 9.97 Å². The second kappa shape index (κ2) is 4.99. The van der Waals surface area contributed by atoms with E-state index in [0.29, 0.717) is 5.02 Å². The lowest BCUT2D eigenvalue weighted by Crippen LogP contribution is -1.82. The van der Waals surface area contributed by atoms with Crippen LogP contribution in [0.15, 0.2) is 40.9 Å². The van der Waals surface area contributed by atoms with Gasteiger partial charge in [0.2, 0.25) is 0 Å². The average molecular weight is 336 g/mol. The predicted octanol–water partition coefficient (Wildman–Crippen LogP) is 5.21. The molecule has 4 heteroatoms. The SMILES string of the molecule is CCc1ccc2nc(-c3cc(Br)ccc3Cl)[nH]c2c1. The first-order valence-electron chi connectivity index (χ1n) is 6.11. The molecule has 1 heterocycles. The van der Waals surface area contributed by atoms with E-state index in [9.17, 15) is 0 Å². The van der Waals surface area contributed by atoms with Crippen LogP contribution in [-0.4, -0.2) is 9.97 Å². The summed E-state index contributed by atoms with van der Waals surface area (Å²) < 4.78 is 0.988. The molecule has 3 aromatic rings. The van der Waals surface area contributed by atoms with Crippen LogP contribution in [0, 0.1) is 0 Å². The Kier molecular flexibility index (Phi) is 3.33. The number of halogens is 2. The largest absolute Gasteiger partial charge is 0.338 e. The maximum atomic E-state index is 6.24. The Bertz CT molecular complexity index is 749. The minimum atomic E-state index is 0.693. The maximum Gasteiger partial charge on any atom is 0.140 e. The number of aromatic nitrogens is 2. The molecule has 1 N–H and O–H groups in total. The van der Waals surface area contributed by atoms with Crippen molar-refractivity contribution in [3.05, 3.63) is 51.5 Å². The number of aromatic amines is 1. The third kappa shape index (κ3) is 2.40. The zero-order chi connectivity index (χ0) is 13.4. The predicted molar refractivity (Wildman–Crippen MR) is 83.6 cm³/mol. The summed E-state index contributed by atoms with van der Waals surface area (Å²) in [5, 5.41) is 0.693. The number of benzene rings is 2. The monoisotopic (exact) mass is 334 g/mol. The van der Waals surface area contributed by atoms with Crippen LogP contribution in [0.25, 0.3) is 22.4 Å². The quantitative estimate of drug-likeness (QED) is 0.684. The van der Waals surface area contributed by atoms with E-state index in [2.05, 4.69) is 45.0 Å². The van der Waals surface area contributed by atoms with Crippen molar-refractivity contribution < 1.29 is 0 Å². The summed E-state index contributed by atoms with van der Waals surface area (Å²) in [6.45, 7) is 2.14. The molecule has 2 nitrogen and oxygen atoms in total. The topological polar surface area (TPSA) is 28.7 Å². The Morgan fingerprint density at radius 2 is 2.05 bits per heavy atom. The van der Waals surface area contributed by atoms with Gasteiger partial charge in [-0.3, -0.25) is 0 Å². The van der Waals surface area contributed by atoms with Crippen LogP contribution in [0.1, 0.15) is 12.5 Å². The van der Waals surface area contributed by atoms with E-state index in [4.69, 9.17) is 11.6 Å². The van der Waals surface area contributed by atoms with Crippen LogP contribution in [0.5, 0.6) is 0 Å². The van der Waals surface area contributed by atoms with Crippen molar-refractivity contribution in [3.8, 4) is 11.4 Å². The molecular formula is C15H12BrClN2. The van der Waals surface area contributed by atoms with Crippen LogP contribution < -0.4 is 0 Å². The molecule has 0 aliphatic carbocycles. The van der Waals surface area contributed by atoms with Gasteiger partial charge in [-0.05, 0) is 42.3 Å². The van der Waals surface area contributed by atoms with Crippen LogP contribution in [0.4, 0.5) is 0 Å². The van der Waals surface area contributed by atoms with Gasteiger partial charge in [0.1, 0.15) is 5.82 Å². The van der Waals surface area contributed by atoms with Gasteiger partial charge < -0.3 is 4.98 Å². The Labute approximate surface area is 124 Å². The first-order valence-corrected chi connectivity index (χ1v) is 7.28. The van der Waals surface area contributed by atoms with Gasteiger partial charge in [-0.1, -0.05) is 40.5 Å². The molecule has 0 aliphatic rings. The summed E-state index contributed by atoms with van der Waals surface area (Å²) in [7, 11) is 0. The molecule has 1 aromatic heterocycles. The van der Waals surface area contributed by atoms with E-state index in [1.807, 2.05) is 24.3 Å². The van der Waals surface area contributed by atoms with E-state index in [1.165, 1.54) is 5.56 Å². The third-order valence-corrected chi connectivity index (χ3v) is 3.96. The highest BCUT2D eigenvalue weighted by Gasteiger charge is 2.09. The molecule has 0 unspecified atom stereocenters. The number of aryl methyl sites for hydroxylation is 1. The normalized spacial score (nSPS) is 11.1. The lowest BCUT2D eigenvalue weighted by molar-refractivity contribution is 1.14. The number of hydrogen-bond acceptors (Lipinski definition) is 1. The van der Waals surface area contributed by atoms with Gasteiger partial charge in [0.05, 0.1) is 16.1 Å². The highest BCUT2D eigenvalue weighted by atomic mass is 79.9. The number of H-pyrrole nitrogens is 1. The number of nitrogens with zero attached hydrogens (tertiary/aromatic N) is 1. The molecule has 0 fully saturated rings. The molecule has 0 atom stereocenters. The van der Waals surface area contributed by atoms with Crippen LogP contribution >= 0.6 is 27.5 Å². The van der Waals surface area contributed by atoms with Gasteiger partial charge in [-0.15, -0.1) is 0 Å². The molecule has 19 heavy (non-hydrogen) atoms. The van der Waals surface area contributed by atoms with Crippen molar-refractivity contribution in [2.75, 3.05) is 0 Å². The molecule has 0 bridgehead atoms. The van der Waals surface area contributed by atoms with E-state index in [0.717, 1.165) is 33.3 Å². The minimum absolute atomic E-state index is 0.693. The van der Waals surface area contributed by atoms with Crippen LogP contribution in [-0.2, 0) is 6.42 Å². The molecule has 0 spiro atoms. The summed E-state index contributed by atoms with van der Waals surface area (Å²) in [5.74, 6) is 0.801. The fraction of sp³-hybridized carbons (Fsp3) is 0.133. The number of fused-ring (bicyclic) bond motifs is 1. The molecule has 0 saturated carbocycles. The van der Waals surface area contributed by atoms with Gasteiger partial charge in [0.15, 0.2) is 0 Å². The summed E-state index contributed by atoms with van der Waals surface area (Å²) in [6.07, 6.45) is 1.02. The van der Waals surface area contributed by atoms with E-state index < -0.39 is 0 Å². The van der Waals surface area contributed by atoms with Crippen molar-refractivity contribution in [2.45, 2.75) is 13.3 Å². The zero-order valence-corrected chi connectivity index (χ0v) is 12.7. The number of hydrogen-bond donors (Lipinski definition) is 1. The third-order valence-electron chi connectivity index (χ3n) is 3.14. The molecule has 3 rings (SSSR count). The maximum absolute atomic E-state index is 6.24. The first kappa shape index (κ1) is 12.7. The van der Waals surface area contributed by atoms with Crippen molar-refractivity contribution in [1.29, 1.82) is 0 Å². The average Bonchev–Trinajstić information content (AvgIpc) is 2.83. The van der Waals surface area contributed by atoms with E-state index in [-0.39, 0.29) is 0 Å². The molecule has 2 aromatic carbocycles. The second-order valence-corrected chi connectivity index (χ2v) is 5.74. The smallest absolute Gasteiger partial charge is 0.140 e. The van der Waals surface area contributed by atoms with Gasteiger partial charge >= 0.3 is 0 Å². The Morgan fingerprint density at radius 1 is 1.21 bits per heavy atom. The summed E-state index contributed by atoms with van der Waals surface area (Å²) in [4.78, 5) is 7.94. The fourth-order valence-electron chi connectivity index (χ4n) is 2.08. The lowest BCUT2D eigenvalue weighted by Gasteiger charge is -2.00. The van der Waals surface area contributed by atoms with Gasteiger partial charge in [-0.25, -0.2) is 4.98 Å². The molecule has 96 valence electrons. The minimum Gasteiger partial charge on any atom is -0.338 e. The number of imidazole rings is 1. The van der Waals surface area contributed by atoms with E-state index in [1.54, 1.807) is 0 Å². The number of nitrogens with one attached hydrogen (secondary N) is 1. The Balaban J connectivity index is 2.17. The second-order valence-electron chi connectivity index (χ2n) is 4.41. The van der Waals surface area contributed by atoms with Crippen molar-refractivity contribution in [3.63, 3.8) is 0 Å². The van der Waals surface area contributed by atoms with Gasteiger partial charge in [0.25, 0.3) is 0 Å². The first-order chi connectivity index (χ1) is 9.17. The van der Waals surface area contributed by atoms with Gasteiger partial charge in [0, 0.05) is 10.0 Å². The standard InChI is InChI=1S/C15H12BrClN2/c1-2-9-3-6-13-14(7-9)19-15(18-13)11-8-10(16)4-5-12(11)17/h3-8H,2H2,1H3,(H,18,19). The number of rotatable bonds is 2. The summed E-state index contributed by atoms with van der Waals surface area (Å²) >= 11 is 9.70. The molecular weight excluding hydrogens is 324 g/mol. The van der Waals surface area contributed by atoms with Crippen LogP contribution in [0.2, 0.25) is 5.02 Å². The zero-order valence-electron chi connectivity index (χ0n) is 10.4. The van der Waals surface area contributed by atoms with Crippen molar-refractivity contribution in [2.24, 2.45) is 0 Å². The molecule has 0 amide bonds. The van der Waals surface area contributed by atoms with Crippen LogP contribution in [0.3, 0.4) is 0 Å². The molecule has 0 radical (unpaired) electrons. The van der Waals surface area contributed by atoms with Gasteiger partial charge in [-0.2, -0.15) is 0 Å².